The van der Waals surface area contributed by atoms with Crippen molar-refractivity contribution in [2.45, 2.75) is 84.0 Å². The molecule has 232 valence electrons. The van der Waals surface area contributed by atoms with E-state index in [0.29, 0.717) is 25.4 Å². The van der Waals surface area contributed by atoms with E-state index in [1.165, 1.54) is 11.6 Å². The third-order valence-electron chi connectivity index (χ3n) is 9.39. The van der Waals surface area contributed by atoms with Crippen molar-refractivity contribution in [1.82, 2.24) is 4.90 Å². The molecule has 2 aliphatic rings. The van der Waals surface area contributed by atoms with E-state index in [1.807, 2.05) is 59.5 Å². The molecule has 0 radical (unpaired) electrons. The van der Waals surface area contributed by atoms with Crippen LogP contribution in [0.25, 0.3) is 0 Å². The summed E-state index contributed by atoms with van der Waals surface area (Å²) < 4.78 is 15.0. The van der Waals surface area contributed by atoms with Gasteiger partial charge < -0.3 is 9.80 Å². The summed E-state index contributed by atoms with van der Waals surface area (Å²) in [6.07, 6.45) is 0.0684. The molecular formula is C39H43FN4O. The fourth-order valence-electron chi connectivity index (χ4n) is 7.04. The molecule has 5 nitrogen and oxygen atoms in total. The molecule has 4 aromatic rings. The minimum absolute atomic E-state index is 0.00540. The lowest BCUT2D eigenvalue weighted by atomic mass is 9.84. The van der Waals surface area contributed by atoms with Crippen LogP contribution in [0.3, 0.4) is 0 Å². The molecule has 0 bridgehead atoms. The molecule has 0 saturated carbocycles. The zero-order valence-corrected chi connectivity index (χ0v) is 27.2. The van der Waals surface area contributed by atoms with Crippen molar-refractivity contribution < 1.29 is 9.18 Å². The number of halogens is 1. The lowest BCUT2D eigenvalue weighted by Crippen LogP contribution is -2.51. The van der Waals surface area contributed by atoms with Gasteiger partial charge in [0.25, 0.3) is 5.91 Å². The number of carbonyl (C=O) groups is 1. The highest BCUT2D eigenvalue weighted by Gasteiger charge is 2.60. The summed E-state index contributed by atoms with van der Waals surface area (Å²) in [6, 6.07) is 29.3. The predicted molar refractivity (Wildman–Crippen MR) is 180 cm³/mol. The minimum atomic E-state index is -0.925. The number of carbonyl (C=O) groups excluding carboxylic acids is 1. The van der Waals surface area contributed by atoms with Crippen molar-refractivity contribution in [3.8, 4) is 0 Å². The summed E-state index contributed by atoms with van der Waals surface area (Å²) in [5.74, 6) is 0.371. The van der Waals surface area contributed by atoms with Gasteiger partial charge in [-0.1, -0.05) is 102 Å². The third kappa shape index (κ3) is 5.56. The fraction of sp³-hybridized carbons (Fsp3) is 0.359. The third-order valence-corrected chi connectivity index (χ3v) is 9.39. The van der Waals surface area contributed by atoms with Gasteiger partial charge in [0.1, 0.15) is 17.5 Å². The van der Waals surface area contributed by atoms with Gasteiger partial charge in [0.05, 0.1) is 5.69 Å². The van der Waals surface area contributed by atoms with E-state index < -0.39 is 11.7 Å². The van der Waals surface area contributed by atoms with Crippen molar-refractivity contribution in [3.63, 3.8) is 0 Å². The molecule has 4 aromatic carbocycles. The van der Waals surface area contributed by atoms with Crippen molar-refractivity contribution in [3.05, 3.63) is 130 Å². The van der Waals surface area contributed by atoms with E-state index in [-0.39, 0.29) is 23.6 Å². The lowest BCUT2D eigenvalue weighted by Gasteiger charge is -2.37. The molecule has 0 aromatic heterocycles. The van der Waals surface area contributed by atoms with E-state index in [1.54, 1.807) is 6.07 Å². The van der Waals surface area contributed by atoms with Crippen LogP contribution in [0.15, 0.2) is 101 Å². The number of hydrogen-bond acceptors (Lipinski definition) is 4. The quantitative estimate of drug-likeness (QED) is 0.188. The topological polar surface area (TPSA) is 48.3 Å². The highest BCUT2D eigenvalue weighted by molar-refractivity contribution is 5.99. The van der Waals surface area contributed by atoms with Crippen LogP contribution in [0.4, 0.5) is 15.8 Å². The fourth-order valence-corrected chi connectivity index (χ4v) is 7.04. The Labute approximate surface area is 266 Å². The Morgan fingerprint density at radius 1 is 0.844 bits per heavy atom. The number of hydrogen-bond donors (Lipinski definition) is 0. The molecular weight excluding hydrogens is 559 g/mol. The Balaban J connectivity index is 1.54. The van der Waals surface area contributed by atoms with E-state index in [0.717, 1.165) is 39.2 Å². The van der Waals surface area contributed by atoms with Gasteiger partial charge in [-0.2, -0.15) is 10.2 Å². The standard InChI is InChI=1S/C39H43FN4O/c1-25(2)29-21-32(26(3)4)36(33(22-29)27(5)6)37(45)43-20-19-39(42-41-31-15-11-8-12-16-31)34-23-30(40)17-18-35(34)44(38(39)43)24-28-13-9-7-10-14-28/h7-18,21-23,25-27,38H,19-20,24H2,1-6H3/t38-,39-/m0/s1. The number of likely N-dealkylation sites (tertiary alicyclic amines) is 1. The average molecular weight is 603 g/mol. The first-order chi connectivity index (χ1) is 21.6. The van der Waals surface area contributed by atoms with E-state index in [2.05, 4.69) is 70.7 Å². The minimum Gasteiger partial charge on any atom is -0.344 e. The zero-order chi connectivity index (χ0) is 31.9. The molecule has 0 spiro atoms. The van der Waals surface area contributed by atoms with Crippen molar-refractivity contribution in [1.29, 1.82) is 0 Å². The second kappa shape index (κ2) is 12.2. The largest absolute Gasteiger partial charge is 0.344 e. The van der Waals surface area contributed by atoms with Crippen LogP contribution in [0.2, 0.25) is 0 Å². The maximum Gasteiger partial charge on any atom is 0.256 e. The average Bonchev–Trinajstić information content (AvgIpc) is 3.53. The van der Waals surface area contributed by atoms with Gasteiger partial charge in [0.15, 0.2) is 0 Å². The summed E-state index contributed by atoms with van der Waals surface area (Å²) >= 11 is 0. The molecule has 2 aliphatic heterocycles. The van der Waals surface area contributed by atoms with Crippen LogP contribution in [-0.2, 0) is 12.1 Å². The van der Waals surface area contributed by atoms with Crippen LogP contribution in [0.5, 0.6) is 0 Å². The van der Waals surface area contributed by atoms with Crippen molar-refractivity contribution in [2.75, 3.05) is 11.4 Å². The number of fused-ring (bicyclic) bond motifs is 3. The van der Waals surface area contributed by atoms with Crippen LogP contribution in [0, 0.1) is 5.82 Å². The molecule has 2 heterocycles. The lowest BCUT2D eigenvalue weighted by molar-refractivity contribution is 0.0706. The molecule has 0 aliphatic carbocycles. The first-order valence-electron chi connectivity index (χ1n) is 16.2. The Morgan fingerprint density at radius 2 is 1.47 bits per heavy atom. The predicted octanol–water partition coefficient (Wildman–Crippen LogP) is 10.1. The van der Waals surface area contributed by atoms with Gasteiger partial charge in [0.2, 0.25) is 0 Å². The number of amides is 1. The molecule has 6 rings (SSSR count). The highest BCUT2D eigenvalue weighted by atomic mass is 19.1. The van der Waals surface area contributed by atoms with Gasteiger partial charge in [-0.05, 0) is 70.3 Å². The summed E-state index contributed by atoms with van der Waals surface area (Å²) in [7, 11) is 0. The summed E-state index contributed by atoms with van der Waals surface area (Å²) in [6.45, 7) is 14.1. The Kier molecular flexibility index (Phi) is 8.34. The summed E-state index contributed by atoms with van der Waals surface area (Å²) in [5.41, 5.74) is 6.77. The molecule has 0 N–H and O–H groups in total. The summed E-state index contributed by atoms with van der Waals surface area (Å²) in [5, 5.41) is 9.78. The van der Waals surface area contributed by atoms with Crippen LogP contribution in [-0.4, -0.2) is 23.5 Å². The molecule has 1 amide bonds. The number of rotatable bonds is 8. The number of azo groups is 1. The monoisotopic (exact) mass is 602 g/mol. The van der Waals surface area contributed by atoms with Crippen LogP contribution >= 0.6 is 0 Å². The molecule has 1 fully saturated rings. The van der Waals surface area contributed by atoms with Gasteiger partial charge in [-0.15, -0.1) is 0 Å². The molecule has 1 saturated heterocycles. The second-order valence-corrected chi connectivity index (χ2v) is 13.4. The van der Waals surface area contributed by atoms with Gasteiger partial charge in [-0.3, -0.25) is 4.79 Å². The maximum absolute atomic E-state index is 15.1. The highest BCUT2D eigenvalue weighted by Crippen LogP contribution is 2.55. The van der Waals surface area contributed by atoms with Gasteiger partial charge in [-0.25, -0.2) is 4.39 Å². The van der Waals surface area contributed by atoms with Crippen molar-refractivity contribution in [2.24, 2.45) is 10.2 Å². The van der Waals surface area contributed by atoms with E-state index in [4.69, 9.17) is 10.2 Å². The molecule has 2 atom stereocenters. The molecule has 45 heavy (non-hydrogen) atoms. The molecule has 6 heteroatoms. The number of benzene rings is 4. The Hall–Kier alpha value is -4.32. The maximum atomic E-state index is 15.1. The van der Waals surface area contributed by atoms with Crippen molar-refractivity contribution >= 4 is 17.3 Å². The smallest absolute Gasteiger partial charge is 0.256 e. The first-order valence-corrected chi connectivity index (χ1v) is 16.2. The van der Waals surface area contributed by atoms with Gasteiger partial charge in [0, 0.05) is 36.3 Å². The normalized spacial score (nSPS) is 19.3. The van der Waals surface area contributed by atoms with E-state index >= 15 is 9.18 Å². The second-order valence-electron chi connectivity index (χ2n) is 13.4. The SMILES string of the molecule is CC(C)c1cc(C(C)C)c(C(=O)N2CC[C@]3(N=Nc4ccccc4)c4cc(F)ccc4N(Cc4ccccc4)[C@H]23)c(C(C)C)c1. The first kappa shape index (κ1) is 30.7. The van der Waals surface area contributed by atoms with Crippen LogP contribution < -0.4 is 4.90 Å². The van der Waals surface area contributed by atoms with Crippen LogP contribution in [0.1, 0.15) is 104 Å². The molecule has 0 unspecified atom stereocenters. The van der Waals surface area contributed by atoms with E-state index in [9.17, 15) is 0 Å². The Morgan fingerprint density at radius 3 is 2.07 bits per heavy atom. The number of nitrogens with zero attached hydrogens (tertiary/aromatic N) is 4. The zero-order valence-electron chi connectivity index (χ0n) is 27.2. The summed E-state index contributed by atoms with van der Waals surface area (Å²) in [4.78, 5) is 19.3. The number of anilines is 1. The van der Waals surface area contributed by atoms with Gasteiger partial charge >= 0.3 is 0 Å². The Bertz CT molecular complexity index is 1690.